The van der Waals surface area contributed by atoms with E-state index in [-0.39, 0.29) is 0 Å². The molecule has 2 rings (SSSR count). The molecule has 1 aromatic carbocycles. The number of amides is 1. The molecule has 4 heteroatoms. The molecule has 1 amide bonds. The number of aryl methyl sites for hydroxylation is 1. The van der Waals surface area contributed by atoms with Gasteiger partial charge in [0.25, 0.3) is 0 Å². The molecule has 0 aliphatic rings. The van der Waals surface area contributed by atoms with E-state index in [0.717, 1.165) is 16.5 Å². The monoisotopic (exact) mass is 227 g/mol. The number of benzene rings is 1. The highest BCUT2D eigenvalue weighted by atomic mass is 16.2. The first-order valence-electron chi connectivity index (χ1n) is 5.31. The number of hydrogen-bond acceptors (Lipinski definition) is 2. The number of aromatic nitrogens is 1. The summed E-state index contributed by atoms with van der Waals surface area (Å²) >= 11 is 0. The van der Waals surface area contributed by atoms with Crippen LogP contribution in [0.4, 0.5) is 0 Å². The third-order valence-electron chi connectivity index (χ3n) is 2.83. The van der Waals surface area contributed by atoms with Gasteiger partial charge in [0.2, 0.25) is 0 Å². The maximum atomic E-state index is 11.2. The standard InChI is InChI=1S/C13H13N3O/c1-15-8-10(9-16(2)13(17)7-14)11-5-3-4-6-12(11)15/h3-6,8H,9H2,1-2H3. The largest absolute Gasteiger partial charge is 0.350 e. The molecule has 0 aliphatic heterocycles. The molecular formula is C13H13N3O. The molecule has 4 nitrogen and oxygen atoms in total. The Hall–Kier alpha value is -2.28. The van der Waals surface area contributed by atoms with Gasteiger partial charge in [0.1, 0.15) is 0 Å². The van der Waals surface area contributed by atoms with Crippen molar-refractivity contribution >= 4 is 16.8 Å². The molecule has 0 fully saturated rings. The molecular weight excluding hydrogens is 214 g/mol. The van der Waals surface area contributed by atoms with Crippen LogP contribution in [0.2, 0.25) is 0 Å². The van der Waals surface area contributed by atoms with Gasteiger partial charge in [0, 0.05) is 37.7 Å². The number of hydrogen-bond donors (Lipinski definition) is 0. The van der Waals surface area contributed by atoms with E-state index in [0.29, 0.717) is 6.54 Å². The number of rotatable bonds is 2. The lowest BCUT2D eigenvalue weighted by atomic mass is 10.1. The maximum Gasteiger partial charge on any atom is 0.325 e. The lowest BCUT2D eigenvalue weighted by Crippen LogP contribution is -2.24. The van der Waals surface area contributed by atoms with E-state index in [4.69, 9.17) is 5.26 Å². The van der Waals surface area contributed by atoms with Gasteiger partial charge in [-0.3, -0.25) is 4.79 Å². The number of fused-ring (bicyclic) bond motifs is 1. The van der Waals surface area contributed by atoms with Gasteiger partial charge in [-0.15, -0.1) is 0 Å². The summed E-state index contributed by atoms with van der Waals surface area (Å²) in [4.78, 5) is 12.6. The molecule has 0 aliphatic carbocycles. The Kier molecular flexibility index (Phi) is 2.84. The zero-order valence-electron chi connectivity index (χ0n) is 9.84. The van der Waals surface area contributed by atoms with E-state index < -0.39 is 5.91 Å². The van der Waals surface area contributed by atoms with Gasteiger partial charge in [-0.2, -0.15) is 5.26 Å². The Balaban J connectivity index is 2.37. The molecule has 2 aromatic rings. The summed E-state index contributed by atoms with van der Waals surface area (Å²) in [5.41, 5.74) is 2.18. The van der Waals surface area contributed by atoms with Crippen LogP contribution < -0.4 is 0 Å². The van der Waals surface area contributed by atoms with Crippen LogP contribution in [0, 0.1) is 11.3 Å². The van der Waals surface area contributed by atoms with E-state index in [1.807, 2.05) is 42.1 Å². The zero-order valence-corrected chi connectivity index (χ0v) is 9.84. The third-order valence-corrected chi connectivity index (χ3v) is 2.83. The minimum absolute atomic E-state index is 0.452. The summed E-state index contributed by atoms with van der Waals surface area (Å²) in [5.74, 6) is -0.516. The minimum Gasteiger partial charge on any atom is -0.350 e. The highest BCUT2D eigenvalue weighted by Crippen LogP contribution is 2.21. The number of para-hydroxylation sites is 1. The van der Waals surface area contributed by atoms with Crippen LogP contribution in [0.15, 0.2) is 30.5 Å². The van der Waals surface area contributed by atoms with Gasteiger partial charge in [-0.1, -0.05) is 18.2 Å². The average molecular weight is 227 g/mol. The second-order valence-corrected chi connectivity index (χ2v) is 4.06. The van der Waals surface area contributed by atoms with Crippen molar-refractivity contribution in [3.05, 3.63) is 36.0 Å². The number of carbonyl (C=O) groups is 1. The number of nitriles is 1. The fourth-order valence-corrected chi connectivity index (χ4v) is 1.96. The van der Waals surface area contributed by atoms with E-state index in [1.54, 1.807) is 13.1 Å². The van der Waals surface area contributed by atoms with Crippen molar-refractivity contribution in [2.75, 3.05) is 7.05 Å². The second kappa shape index (κ2) is 4.30. The molecule has 0 N–H and O–H groups in total. The van der Waals surface area contributed by atoms with Crippen LogP contribution >= 0.6 is 0 Å². The molecule has 0 spiro atoms. The van der Waals surface area contributed by atoms with Gasteiger partial charge in [0.05, 0.1) is 0 Å². The lowest BCUT2D eigenvalue weighted by Gasteiger charge is -2.11. The predicted molar refractivity (Wildman–Crippen MR) is 65.0 cm³/mol. The smallest absolute Gasteiger partial charge is 0.325 e. The maximum absolute atomic E-state index is 11.2. The molecule has 0 saturated carbocycles. The molecule has 86 valence electrons. The van der Waals surface area contributed by atoms with Crippen LogP contribution in [-0.2, 0) is 18.4 Å². The minimum atomic E-state index is -0.516. The fourth-order valence-electron chi connectivity index (χ4n) is 1.96. The molecule has 1 heterocycles. The summed E-state index contributed by atoms with van der Waals surface area (Å²) in [6, 6.07) is 9.63. The van der Waals surface area contributed by atoms with Crippen molar-refractivity contribution in [1.29, 1.82) is 5.26 Å². The molecule has 17 heavy (non-hydrogen) atoms. The highest BCUT2D eigenvalue weighted by molar-refractivity contribution is 5.91. The highest BCUT2D eigenvalue weighted by Gasteiger charge is 2.11. The van der Waals surface area contributed by atoms with Crippen LogP contribution in [0.5, 0.6) is 0 Å². The van der Waals surface area contributed by atoms with Gasteiger partial charge >= 0.3 is 5.91 Å². The van der Waals surface area contributed by atoms with Crippen molar-refractivity contribution in [3.8, 4) is 6.07 Å². The van der Waals surface area contributed by atoms with Crippen molar-refractivity contribution < 1.29 is 4.79 Å². The van der Waals surface area contributed by atoms with Crippen LogP contribution in [0.1, 0.15) is 5.56 Å². The lowest BCUT2D eigenvalue weighted by molar-refractivity contribution is -0.124. The summed E-state index contributed by atoms with van der Waals surface area (Å²) in [5, 5.41) is 9.67. The van der Waals surface area contributed by atoms with Crippen molar-refractivity contribution in [3.63, 3.8) is 0 Å². The predicted octanol–water partition coefficient (Wildman–Crippen LogP) is 1.66. The average Bonchev–Trinajstić information content (AvgIpc) is 2.66. The van der Waals surface area contributed by atoms with Gasteiger partial charge in [0.15, 0.2) is 6.07 Å². The fraction of sp³-hybridized carbons (Fsp3) is 0.231. The van der Waals surface area contributed by atoms with Gasteiger partial charge in [-0.25, -0.2) is 0 Å². The van der Waals surface area contributed by atoms with Crippen molar-refractivity contribution in [2.45, 2.75) is 6.54 Å². The normalized spacial score (nSPS) is 10.2. The Labute approximate surface area is 99.7 Å². The summed E-state index contributed by atoms with van der Waals surface area (Å²) in [6.45, 7) is 0.452. The first-order chi connectivity index (χ1) is 8.13. The topological polar surface area (TPSA) is 49.0 Å². The van der Waals surface area contributed by atoms with Crippen LogP contribution in [0.3, 0.4) is 0 Å². The summed E-state index contributed by atoms with van der Waals surface area (Å²) in [7, 11) is 3.60. The van der Waals surface area contributed by atoms with Crippen LogP contribution in [-0.4, -0.2) is 22.4 Å². The molecule has 0 unspecified atom stereocenters. The van der Waals surface area contributed by atoms with Crippen molar-refractivity contribution in [2.24, 2.45) is 7.05 Å². The molecule has 0 saturated heterocycles. The van der Waals surface area contributed by atoms with Gasteiger partial charge < -0.3 is 9.47 Å². The number of carbonyl (C=O) groups excluding carboxylic acids is 1. The third kappa shape index (κ3) is 2.00. The molecule has 0 bridgehead atoms. The van der Waals surface area contributed by atoms with Crippen LogP contribution in [0.25, 0.3) is 10.9 Å². The van der Waals surface area contributed by atoms with Gasteiger partial charge in [-0.05, 0) is 11.6 Å². The Morgan fingerprint density at radius 1 is 1.47 bits per heavy atom. The first-order valence-corrected chi connectivity index (χ1v) is 5.31. The van der Waals surface area contributed by atoms with E-state index >= 15 is 0 Å². The number of nitrogens with zero attached hydrogens (tertiary/aromatic N) is 3. The first kappa shape index (κ1) is 11.2. The van der Waals surface area contributed by atoms with E-state index in [2.05, 4.69) is 0 Å². The Morgan fingerprint density at radius 3 is 2.88 bits per heavy atom. The van der Waals surface area contributed by atoms with E-state index in [1.165, 1.54) is 4.90 Å². The second-order valence-electron chi connectivity index (χ2n) is 4.06. The zero-order chi connectivity index (χ0) is 12.4. The van der Waals surface area contributed by atoms with E-state index in [9.17, 15) is 4.79 Å². The quantitative estimate of drug-likeness (QED) is 0.732. The molecule has 0 radical (unpaired) electrons. The summed E-state index contributed by atoms with van der Waals surface area (Å²) < 4.78 is 2.02. The molecule has 0 atom stereocenters. The SMILES string of the molecule is CN(Cc1cn(C)c2ccccc12)C(=O)C#N. The Morgan fingerprint density at radius 2 is 2.18 bits per heavy atom. The molecule has 1 aromatic heterocycles. The van der Waals surface area contributed by atoms with Crippen molar-refractivity contribution in [1.82, 2.24) is 9.47 Å². The summed E-state index contributed by atoms with van der Waals surface area (Å²) in [6.07, 6.45) is 1.99. The Bertz CT molecular complexity index is 607.